The van der Waals surface area contributed by atoms with Crippen molar-refractivity contribution < 1.29 is 4.74 Å². The molecule has 0 aliphatic heterocycles. The van der Waals surface area contributed by atoms with Gasteiger partial charge in [-0.3, -0.25) is 4.98 Å². The molecule has 0 bridgehead atoms. The Morgan fingerprint density at radius 1 is 1.62 bits per heavy atom. The Labute approximate surface area is 86.6 Å². The first-order valence-electron chi connectivity index (χ1n) is 4.05. The highest BCUT2D eigenvalue weighted by Gasteiger charge is 2.08. The molecule has 0 aliphatic carbocycles. The van der Waals surface area contributed by atoms with Crippen molar-refractivity contribution >= 4 is 15.9 Å². The van der Waals surface area contributed by atoms with Gasteiger partial charge in [-0.1, -0.05) is 0 Å². The zero-order chi connectivity index (χ0) is 9.68. The van der Waals surface area contributed by atoms with Crippen molar-refractivity contribution in [2.24, 2.45) is 0 Å². The average Bonchev–Trinajstić information content (AvgIpc) is 2.16. The summed E-state index contributed by atoms with van der Waals surface area (Å²) in [6.45, 7) is 0.630. The summed E-state index contributed by atoms with van der Waals surface area (Å²) in [5, 5.41) is 3.14. The van der Waals surface area contributed by atoms with Crippen molar-refractivity contribution in [1.82, 2.24) is 10.3 Å². The van der Waals surface area contributed by atoms with Crippen molar-refractivity contribution in [2.75, 3.05) is 20.8 Å². The molecule has 0 amide bonds. The summed E-state index contributed by atoms with van der Waals surface area (Å²) in [5.41, 5.74) is 0.993. The third-order valence-corrected chi connectivity index (χ3v) is 2.26. The first-order valence-corrected chi connectivity index (χ1v) is 4.85. The molecular formula is C9H13BrN2O. The Bertz CT molecular complexity index is 250. The van der Waals surface area contributed by atoms with Gasteiger partial charge in [-0.25, -0.2) is 0 Å². The third-order valence-electron chi connectivity index (χ3n) is 1.79. The molecule has 1 heterocycles. The lowest BCUT2D eigenvalue weighted by atomic mass is 10.2. The van der Waals surface area contributed by atoms with Gasteiger partial charge >= 0.3 is 0 Å². The van der Waals surface area contributed by atoms with Gasteiger partial charge < -0.3 is 10.1 Å². The number of aromatic nitrogens is 1. The van der Waals surface area contributed by atoms with E-state index in [-0.39, 0.29) is 6.04 Å². The van der Waals surface area contributed by atoms with E-state index < -0.39 is 0 Å². The van der Waals surface area contributed by atoms with E-state index in [2.05, 4.69) is 26.2 Å². The molecule has 0 saturated heterocycles. The summed E-state index contributed by atoms with van der Waals surface area (Å²) in [6.07, 6.45) is 1.79. The van der Waals surface area contributed by atoms with E-state index in [0.29, 0.717) is 6.61 Å². The lowest BCUT2D eigenvalue weighted by Crippen LogP contribution is -2.22. The van der Waals surface area contributed by atoms with Crippen molar-refractivity contribution in [3.8, 4) is 0 Å². The normalized spacial score (nSPS) is 12.8. The molecule has 3 nitrogen and oxygen atoms in total. The van der Waals surface area contributed by atoms with Gasteiger partial charge in [0.1, 0.15) is 0 Å². The summed E-state index contributed by atoms with van der Waals surface area (Å²) < 4.78 is 6.05. The zero-order valence-corrected chi connectivity index (χ0v) is 9.34. The van der Waals surface area contributed by atoms with Crippen LogP contribution in [0.15, 0.2) is 22.8 Å². The van der Waals surface area contributed by atoms with Crippen LogP contribution >= 0.6 is 15.9 Å². The van der Waals surface area contributed by atoms with Crippen LogP contribution in [0.2, 0.25) is 0 Å². The Balaban J connectivity index is 2.73. The topological polar surface area (TPSA) is 34.1 Å². The van der Waals surface area contributed by atoms with E-state index in [9.17, 15) is 0 Å². The minimum absolute atomic E-state index is 0.165. The van der Waals surface area contributed by atoms with E-state index in [0.717, 1.165) is 10.2 Å². The van der Waals surface area contributed by atoms with Crippen LogP contribution in [0.5, 0.6) is 0 Å². The van der Waals surface area contributed by atoms with Crippen molar-refractivity contribution in [1.29, 1.82) is 0 Å². The van der Waals surface area contributed by atoms with Crippen LogP contribution in [0.4, 0.5) is 0 Å². The Morgan fingerprint density at radius 2 is 2.38 bits per heavy atom. The minimum Gasteiger partial charge on any atom is -0.383 e. The molecule has 1 atom stereocenters. The molecule has 1 unspecified atom stereocenters. The standard InChI is InChI=1S/C9H13BrN2O/c1-11-9(6-13-2)8-4-3-7(10)5-12-8/h3-5,9,11H,6H2,1-2H3. The second-order valence-electron chi connectivity index (χ2n) is 2.70. The number of nitrogens with one attached hydrogen (secondary N) is 1. The van der Waals surface area contributed by atoms with Gasteiger partial charge in [0, 0.05) is 17.8 Å². The molecule has 0 radical (unpaired) electrons. The predicted molar refractivity (Wildman–Crippen MR) is 55.6 cm³/mol. The lowest BCUT2D eigenvalue weighted by Gasteiger charge is -2.13. The monoisotopic (exact) mass is 244 g/mol. The van der Waals surface area contributed by atoms with Gasteiger partial charge in [-0.05, 0) is 35.1 Å². The second kappa shape index (κ2) is 5.32. The van der Waals surface area contributed by atoms with E-state index in [1.807, 2.05) is 19.2 Å². The molecule has 1 aromatic rings. The van der Waals surface area contributed by atoms with Crippen LogP contribution in [0.1, 0.15) is 11.7 Å². The molecular weight excluding hydrogens is 232 g/mol. The molecule has 0 aromatic carbocycles. The number of ether oxygens (including phenoxy) is 1. The number of rotatable bonds is 4. The fourth-order valence-corrected chi connectivity index (χ4v) is 1.31. The summed E-state index contributed by atoms with van der Waals surface area (Å²) >= 11 is 3.34. The van der Waals surface area contributed by atoms with Gasteiger partial charge in [0.25, 0.3) is 0 Å². The highest BCUT2D eigenvalue weighted by atomic mass is 79.9. The van der Waals surface area contributed by atoms with Gasteiger partial charge in [0.05, 0.1) is 18.3 Å². The van der Waals surface area contributed by atoms with E-state index in [1.165, 1.54) is 0 Å². The number of pyridine rings is 1. The summed E-state index contributed by atoms with van der Waals surface area (Å²) in [5.74, 6) is 0. The molecule has 72 valence electrons. The Hall–Kier alpha value is -0.450. The maximum atomic E-state index is 5.07. The largest absolute Gasteiger partial charge is 0.383 e. The van der Waals surface area contributed by atoms with Crippen molar-refractivity contribution in [3.63, 3.8) is 0 Å². The molecule has 0 aliphatic rings. The molecule has 0 saturated carbocycles. The first kappa shape index (κ1) is 10.6. The van der Waals surface area contributed by atoms with E-state index >= 15 is 0 Å². The summed E-state index contributed by atoms with van der Waals surface area (Å²) in [6, 6.07) is 4.12. The smallest absolute Gasteiger partial charge is 0.0730 e. The Morgan fingerprint density at radius 3 is 2.85 bits per heavy atom. The van der Waals surface area contributed by atoms with Gasteiger partial charge in [0.2, 0.25) is 0 Å². The predicted octanol–water partition coefficient (Wildman–Crippen LogP) is 1.75. The minimum atomic E-state index is 0.165. The van der Waals surface area contributed by atoms with Crippen LogP contribution in [-0.4, -0.2) is 25.7 Å². The second-order valence-corrected chi connectivity index (χ2v) is 3.61. The first-order chi connectivity index (χ1) is 6.27. The number of hydrogen-bond donors (Lipinski definition) is 1. The fraction of sp³-hybridized carbons (Fsp3) is 0.444. The van der Waals surface area contributed by atoms with Gasteiger partial charge in [-0.2, -0.15) is 0 Å². The van der Waals surface area contributed by atoms with Crippen LogP contribution in [-0.2, 0) is 4.74 Å². The molecule has 0 spiro atoms. The number of halogens is 1. The van der Waals surface area contributed by atoms with Crippen molar-refractivity contribution in [3.05, 3.63) is 28.5 Å². The number of hydrogen-bond acceptors (Lipinski definition) is 3. The zero-order valence-electron chi connectivity index (χ0n) is 7.75. The van der Waals surface area contributed by atoms with Crippen LogP contribution in [0.3, 0.4) is 0 Å². The summed E-state index contributed by atoms with van der Waals surface area (Å²) in [7, 11) is 3.58. The number of nitrogens with zero attached hydrogens (tertiary/aromatic N) is 1. The van der Waals surface area contributed by atoms with E-state index in [1.54, 1.807) is 13.3 Å². The van der Waals surface area contributed by atoms with Crippen LogP contribution < -0.4 is 5.32 Å². The van der Waals surface area contributed by atoms with Crippen LogP contribution in [0.25, 0.3) is 0 Å². The fourth-order valence-electron chi connectivity index (χ4n) is 1.08. The maximum Gasteiger partial charge on any atom is 0.0730 e. The van der Waals surface area contributed by atoms with E-state index in [4.69, 9.17) is 4.74 Å². The number of methoxy groups -OCH3 is 1. The quantitative estimate of drug-likeness (QED) is 0.877. The molecule has 1 N–H and O–H groups in total. The van der Waals surface area contributed by atoms with Crippen molar-refractivity contribution in [2.45, 2.75) is 6.04 Å². The third kappa shape index (κ3) is 3.06. The van der Waals surface area contributed by atoms with Gasteiger partial charge in [0.15, 0.2) is 0 Å². The maximum absolute atomic E-state index is 5.07. The highest BCUT2D eigenvalue weighted by Crippen LogP contribution is 2.13. The molecule has 1 rings (SSSR count). The Kier molecular flexibility index (Phi) is 4.35. The number of likely N-dealkylation sites (N-methyl/N-ethyl adjacent to an activating group) is 1. The molecule has 0 fully saturated rings. The lowest BCUT2D eigenvalue weighted by molar-refractivity contribution is 0.169. The molecule has 13 heavy (non-hydrogen) atoms. The van der Waals surface area contributed by atoms with Crippen LogP contribution in [0, 0.1) is 0 Å². The van der Waals surface area contributed by atoms with Gasteiger partial charge in [-0.15, -0.1) is 0 Å². The summed E-state index contributed by atoms with van der Waals surface area (Å²) in [4.78, 5) is 4.28. The molecule has 4 heteroatoms. The average molecular weight is 245 g/mol. The SMILES string of the molecule is CNC(COC)c1ccc(Br)cn1. The molecule has 1 aromatic heterocycles. The highest BCUT2D eigenvalue weighted by molar-refractivity contribution is 9.10.